The highest BCUT2D eigenvalue weighted by Gasteiger charge is 2.39. The van der Waals surface area contributed by atoms with E-state index in [1.807, 2.05) is 12.1 Å². The molecule has 3 nitrogen and oxygen atoms in total. The predicted molar refractivity (Wildman–Crippen MR) is 105 cm³/mol. The first-order valence-electron chi connectivity index (χ1n) is 8.16. The molecule has 4 rings (SSSR count). The molecule has 1 aliphatic carbocycles. The minimum absolute atomic E-state index is 0.211. The van der Waals surface area contributed by atoms with Gasteiger partial charge in [-0.1, -0.05) is 24.3 Å². The number of benzene rings is 2. The molecule has 0 amide bonds. The standard InChI is InChI=1S/C20H20INO2/c1-23-18-8-4-7-15(20(18)24-2)19-14-6-3-5-13(14)16-11-12(21)9-10-17(16)22-19/h3-5,7-11,13-14,19,22H,6H2,1-2H3/t13-,14-,19+/m0/s1. The Hall–Kier alpha value is -1.69. The Morgan fingerprint density at radius 1 is 1.08 bits per heavy atom. The number of allylic oxidation sites excluding steroid dienone is 2. The number of methoxy groups -OCH3 is 2. The number of nitrogens with one attached hydrogen (secondary N) is 1. The van der Waals surface area contributed by atoms with Gasteiger partial charge in [-0.3, -0.25) is 0 Å². The summed E-state index contributed by atoms with van der Waals surface area (Å²) in [5.74, 6) is 2.57. The summed E-state index contributed by atoms with van der Waals surface area (Å²) >= 11 is 2.39. The average molecular weight is 433 g/mol. The van der Waals surface area contributed by atoms with Crippen LogP contribution in [0.25, 0.3) is 0 Å². The van der Waals surface area contributed by atoms with E-state index < -0.39 is 0 Å². The Morgan fingerprint density at radius 2 is 1.96 bits per heavy atom. The van der Waals surface area contributed by atoms with Gasteiger partial charge < -0.3 is 14.8 Å². The second-order valence-corrected chi connectivity index (χ2v) is 7.54. The van der Waals surface area contributed by atoms with E-state index in [0.717, 1.165) is 17.9 Å². The maximum atomic E-state index is 5.69. The lowest BCUT2D eigenvalue weighted by Crippen LogP contribution is -2.29. The van der Waals surface area contributed by atoms with Gasteiger partial charge in [0.15, 0.2) is 11.5 Å². The third kappa shape index (κ3) is 2.48. The Morgan fingerprint density at radius 3 is 2.75 bits per heavy atom. The molecule has 0 radical (unpaired) electrons. The van der Waals surface area contributed by atoms with Crippen LogP contribution in [0.2, 0.25) is 0 Å². The average Bonchev–Trinajstić information content (AvgIpc) is 3.10. The molecule has 0 fully saturated rings. The zero-order chi connectivity index (χ0) is 16.7. The number of hydrogen-bond donors (Lipinski definition) is 1. The van der Waals surface area contributed by atoms with Crippen molar-refractivity contribution in [1.29, 1.82) is 0 Å². The molecule has 0 aromatic heterocycles. The van der Waals surface area contributed by atoms with Crippen LogP contribution in [0.4, 0.5) is 5.69 Å². The predicted octanol–water partition coefficient (Wildman–Crippen LogP) is 5.13. The largest absolute Gasteiger partial charge is 0.493 e. The van der Waals surface area contributed by atoms with Gasteiger partial charge in [0.05, 0.1) is 20.3 Å². The van der Waals surface area contributed by atoms with Gasteiger partial charge in [0.1, 0.15) is 0 Å². The topological polar surface area (TPSA) is 30.5 Å². The van der Waals surface area contributed by atoms with Gasteiger partial charge in [-0.25, -0.2) is 0 Å². The van der Waals surface area contributed by atoms with Crippen molar-refractivity contribution in [3.63, 3.8) is 0 Å². The van der Waals surface area contributed by atoms with Crippen LogP contribution in [-0.4, -0.2) is 14.2 Å². The van der Waals surface area contributed by atoms with E-state index in [-0.39, 0.29) is 6.04 Å². The van der Waals surface area contributed by atoms with Crippen molar-refractivity contribution in [2.24, 2.45) is 5.92 Å². The first-order chi connectivity index (χ1) is 11.7. The van der Waals surface area contributed by atoms with Crippen molar-refractivity contribution in [3.8, 4) is 11.5 Å². The lowest BCUT2D eigenvalue weighted by Gasteiger charge is -2.38. The summed E-state index contributed by atoms with van der Waals surface area (Å²) in [6.45, 7) is 0. The molecular formula is C20H20INO2. The molecule has 0 bridgehead atoms. The third-order valence-electron chi connectivity index (χ3n) is 5.09. The van der Waals surface area contributed by atoms with E-state index in [1.54, 1.807) is 14.2 Å². The zero-order valence-electron chi connectivity index (χ0n) is 13.8. The van der Waals surface area contributed by atoms with Gasteiger partial charge in [-0.05, 0) is 64.8 Å². The molecule has 1 aliphatic heterocycles. The van der Waals surface area contributed by atoms with E-state index in [1.165, 1.54) is 20.4 Å². The maximum absolute atomic E-state index is 5.69. The SMILES string of the molecule is COc1cccc([C@@H]2Nc3ccc(I)cc3[C@H]3C=CC[C@@H]32)c1OC. The lowest BCUT2D eigenvalue weighted by molar-refractivity contribution is 0.341. The molecule has 2 aromatic carbocycles. The van der Waals surface area contributed by atoms with Gasteiger partial charge in [0.2, 0.25) is 0 Å². The smallest absolute Gasteiger partial charge is 0.165 e. The molecule has 124 valence electrons. The summed E-state index contributed by atoms with van der Waals surface area (Å²) in [5.41, 5.74) is 3.79. The first kappa shape index (κ1) is 15.8. The minimum atomic E-state index is 0.211. The van der Waals surface area contributed by atoms with E-state index in [9.17, 15) is 0 Å². The molecule has 2 aliphatic rings. The van der Waals surface area contributed by atoms with Gasteiger partial charge in [0, 0.05) is 20.7 Å². The molecule has 3 atom stereocenters. The molecule has 0 saturated heterocycles. The fraction of sp³-hybridized carbons (Fsp3) is 0.300. The molecule has 24 heavy (non-hydrogen) atoms. The van der Waals surface area contributed by atoms with Crippen LogP contribution in [-0.2, 0) is 0 Å². The van der Waals surface area contributed by atoms with Crippen molar-refractivity contribution in [3.05, 3.63) is 63.2 Å². The molecule has 4 heteroatoms. The number of ether oxygens (including phenoxy) is 2. The quantitative estimate of drug-likeness (QED) is 0.538. The Bertz CT molecular complexity index is 802. The number of anilines is 1. The lowest BCUT2D eigenvalue weighted by atomic mass is 9.77. The van der Waals surface area contributed by atoms with Gasteiger partial charge in [0.25, 0.3) is 0 Å². The molecule has 1 heterocycles. The number of fused-ring (bicyclic) bond motifs is 3. The highest BCUT2D eigenvalue weighted by molar-refractivity contribution is 14.1. The van der Waals surface area contributed by atoms with Crippen LogP contribution in [0.1, 0.15) is 29.5 Å². The van der Waals surface area contributed by atoms with E-state index >= 15 is 0 Å². The Balaban J connectivity index is 1.82. The Labute approximate surface area is 156 Å². The van der Waals surface area contributed by atoms with Crippen LogP contribution in [0.15, 0.2) is 48.6 Å². The van der Waals surface area contributed by atoms with Crippen molar-refractivity contribution < 1.29 is 9.47 Å². The number of hydrogen-bond acceptors (Lipinski definition) is 3. The summed E-state index contributed by atoms with van der Waals surface area (Å²) in [6.07, 6.45) is 5.75. The normalized spacial score (nSPS) is 24.0. The van der Waals surface area contributed by atoms with Crippen LogP contribution < -0.4 is 14.8 Å². The summed E-state index contributed by atoms with van der Waals surface area (Å²) in [6, 6.07) is 13.0. The molecule has 2 aromatic rings. The van der Waals surface area contributed by atoms with Crippen LogP contribution >= 0.6 is 22.6 Å². The fourth-order valence-corrected chi connectivity index (χ4v) is 4.55. The summed E-state index contributed by atoms with van der Waals surface area (Å²) in [5, 5.41) is 3.76. The molecule has 1 N–H and O–H groups in total. The van der Waals surface area contributed by atoms with Gasteiger partial charge >= 0.3 is 0 Å². The summed E-state index contributed by atoms with van der Waals surface area (Å²) < 4.78 is 12.5. The van der Waals surface area contributed by atoms with Crippen molar-refractivity contribution in [2.45, 2.75) is 18.4 Å². The van der Waals surface area contributed by atoms with Crippen LogP contribution in [0.3, 0.4) is 0 Å². The first-order valence-corrected chi connectivity index (χ1v) is 9.24. The zero-order valence-corrected chi connectivity index (χ0v) is 15.9. The monoisotopic (exact) mass is 433 g/mol. The summed E-state index contributed by atoms with van der Waals surface area (Å²) in [7, 11) is 3.40. The fourth-order valence-electron chi connectivity index (χ4n) is 4.03. The minimum Gasteiger partial charge on any atom is -0.493 e. The van der Waals surface area contributed by atoms with Crippen molar-refractivity contribution in [1.82, 2.24) is 0 Å². The number of rotatable bonds is 3. The highest BCUT2D eigenvalue weighted by Crippen LogP contribution is 2.52. The second kappa shape index (κ2) is 6.31. The summed E-state index contributed by atoms with van der Waals surface area (Å²) in [4.78, 5) is 0. The van der Waals surface area contributed by atoms with Crippen molar-refractivity contribution in [2.75, 3.05) is 19.5 Å². The van der Waals surface area contributed by atoms with E-state index in [4.69, 9.17) is 9.47 Å². The molecule has 0 saturated carbocycles. The van der Waals surface area contributed by atoms with E-state index in [0.29, 0.717) is 11.8 Å². The van der Waals surface area contributed by atoms with Gasteiger partial charge in [-0.2, -0.15) is 0 Å². The highest BCUT2D eigenvalue weighted by atomic mass is 127. The number of halogens is 1. The molecule has 0 unspecified atom stereocenters. The Kier molecular flexibility index (Phi) is 4.16. The van der Waals surface area contributed by atoms with Crippen molar-refractivity contribution >= 4 is 28.3 Å². The second-order valence-electron chi connectivity index (χ2n) is 6.29. The third-order valence-corrected chi connectivity index (χ3v) is 5.76. The molecule has 0 spiro atoms. The maximum Gasteiger partial charge on any atom is 0.165 e. The number of para-hydroxylation sites is 1. The van der Waals surface area contributed by atoms with E-state index in [2.05, 4.69) is 64.3 Å². The van der Waals surface area contributed by atoms with Crippen LogP contribution in [0.5, 0.6) is 11.5 Å². The van der Waals surface area contributed by atoms with Gasteiger partial charge in [-0.15, -0.1) is 0 Å². The van der Waals surface area contributed by atoms with Crippen LogP contribution in [0, 0.1) is 9.49 Å². The molecular weight excluding hydrogens is 413 g/mol.